The van der Waals surface area contributed by atoms with E-state index < -0.39 is 0 Å². The molecule has 1 aromatic carbocycles. The van der Waals surface area contributed by atoms with Crippen LogP contribution in [0.2, 0.25) is 5.02 Å². The van der Waals surface area contributed by atoms with Gasteiger partial charge in [0.15, 0.2) is 0 Å². The number of rotatable bonds is 3. The first-order valence-electron chi connectivity index (χ1n) is 4.21. The van der Waals surface area contributed by atoms with Crippen molar-refractivity contribution in [2.24, 2.45) is 0 Å². The molecule has 1 saturated carbocycles. The van der Waals surface area contributed by atoms with E-state index in [-0.39, 0.29) is 0 Å². The first kappa shape index (κ1) is 8.57. The van der Waals surface area contributed by atoms with Gasteiger partial charge in [-0.25, -0.2) is 0 Å². The lowest BCUT2D eigenvalue weighted by molar-refractivity contribution is 0.112. The van der Waals surface area contributed by atoms with Crippen molar-refractivity contribution >= 4 is 17.9 Å². The van der Waals surface area contributed by atoms with Gasteiger partial charge in [0.2, 0.25) is 0 Å². The standard InChI is InChI=1S/C10H9ClO2/c11-9-4-1-7(6-12)5-10(9)13-8-2-3-8/h1,4-6,8H,2-3H2. The van der Waals surface area contributed by atoms with E-state index in [0.29, 0.717) is 22.4 Å². The molecule has 1 aromatic rings. The zero-order valence-electron chi connectivity index (χ0n) is 7.00. The van der Waals surface area contributed by atoms with Crippen LogP contribution >= 0.6 is 11.6 Å². The molecule has 0 saturated heterocycles. The van der Waals surface area contributed by atoms with Crippen molar-refractivity contribution in [1.29, 1.82) is 0 Å². The van der Waals surface area contributed by atoms with Crippen molar-refractivity contribution in [1.82, 2.24) is 0 Å². The normalized spacial score (nSPS) is 15.5. The Morgan fingerprint density at radius 3 is 2.85 bits per heavy atom. The molecule has 68 valence electrons. The molecule has 2 nitrogen and oxygen atoms in total. The van der Waals surface area contributed by atoms with Gasteiger partial charge >= 0.3 is 0 Å². The van der Waals surface area contributed by atoms with Gasteiger partial charge < -0.3 is 4.74 Å². The lowest BCUT2D eigenvalue weighted by Crippen LogP contribution is -1.97. The van der Waals surface area contributed by atoms with Gasteiger partial charge in [0.25, 0.3) is 0 Å². The number of benzene rings is 1. The van der Waals surface area contributed by atoms with Crippen LogP contribution in [0.3, 0.4) is 0 Å². The predicted molar refractivity (Wildman–Crippen MR) is 50.5 cm³/mol. The molecule has 0 atom stereocenters. The van der Waals surface area contributed by atoms with Gasteiger partial charge in [0.1, 0.15) is 12.0 Å². The third-order valence-corrected chi connectivity index (χ3v) is 2.22. The molecule has 0 radical (unpaired) electrons. The molecular formula is C10H9ClO2. The van der Waals surface area contributed by atoms with Crippen molar-refractivity contribution in [2.45, 2.75) is 18.9 Å². The number of carbonyl (C=O) groups excluding carboxylic acids is 1. The summed E-state index contributed by atoms with van der Waals surface area (Å²) in [6.07, 6.45) is 3.26. The Balaban J connectivity index is 2.24. The van der Waals surface area contributed by atoms with E-state index in [1.807, 2.05) is 0 Å². The fourth-order valence-corrected chi connectivity index (χ4v) is 1.21. The Kier molecular flexibility index (Phi) is 2.23. The molecule has 0 spiro atoms. The summed E-state index contributed by atoms with van der Waals surface area (Å²) in [5.41, 5.74) is 0.597. The summed E-state index contributed by atoms with van der Waals surface area (Å²) < 4.78 is 5.51. The van der Waals surface area contributed by atoms with E-state index in [1.165, 1.54) is 0 Å². The van der Waals surface area contributed by atoms with Gasteiger partial charge in [-0.05, 0) is 31.0 Å². The number of aldehydes is 1. The highest BCUT2D eigenvalue weighted by Gasteiger charge is 2.24. The maximum atomic E-state index is 10.5. The molecule has 0 aromatic heterocycles. The zero-order chi connectivity index (χ0) is 9.26. The Hall–Kier alpha value is -1.02. The minimum Gasteiger partial charge on any atom is -0.489 e. The summed E-state index contributed by atoms with van der Waals surface area (Å²) in [7, 11) is 0. The van der Waals surface area contributed by atoms with Crippen LogP contribution in [-0.2, 0) is 0 Å². The fourth-order valence-electron chi connectivity index (χ4n) is 1.05. The van der Waals surface area contributed by atoms with E-state index in [2.05, 4.69) is 0 Å². The third-order valence-electron chi connectivity index (χ3n) is 1.91. The predicted octanol–water partition coefficient (Wildman–Crippen LogP) is 2.69. The molecule has 0 N–H and O–H groups in total. The third kappa shape index (κ3) is 2.01. The van der Waals surface area contributed by atoms with Gasteiger partial charge in [0, 0.05) is 5.56 Å². The van der Waals surface area contributed by atoms with Crippen LogP contribution < -0.4 is 4.74 Å². The number of hydrogen-bond donors (Lipinski definition) is 0. The summed E-state index contributed by atoms with van der Waals surface area (Å²) in [5, 5.41) is 0.567. The van der Waals surface area contributed by atoms with E-state index >= 15 is 0 Å². The minimum atomic E-state index is 0.305. The van der Waals surface area contributed by atoms with Gasteiger partial charge in [0.05, 0.1) is 11.1 Å². The van der Waals surface area contributed by atoms with Crippen LogP contribution in [0, 0.1) is 0 Å². The monoisotopic (exact) mass is 196 g/mol. The minimum absolute atomic E-state index is 0.305. The molecule has 2 rings (SSSR count). The number of hydrogen-bond acceptors (Lipinski definition) is 2. The average Bonchev–Trinajstić information content (AvgIpc) is 2.93. The Morgan fingerprint density at radius 2 is 2.23 bits per heavy atom. The van der Waals surface area contributed by atoms with Crippen molar-refractivity contribution in [3.8, 4) is 5.75 Å². The van der Waals surface area contributed by atoms with Crippen molar-refractivity contribution in [3.05, 3.63) is 28.8 Å². The van der Waals surface area contributed by atoms with Crippen LogP contribution in [0.4, 0.5) is 0 Å². The van der Waals surface area contributed by atoms with Crippen LogP contribution in [0.25, 0.3) is 0 Å². The first-order chi connectivity index (χ1) is 6.29. The highest BCUT2D eigenvalue weighted by atomic mass is 35.5. The SMILES string of the molecule is O=Cc1ccc(Cl)c(OC2CC2)c1. The molecular weight excluding hydrogens is 188 g/mol. The number of ether oxygens (including phenoxy) is 1. The topological polar surface area (TPSA) is 26.3 Å². The lowest BCUT2D eigenvalue weighted by Gasteiger charge is -2.06. The zero-order valence-corrected chi connectivity index (χ0v) is 7.75. The van der Waals surface area contributed by atoms with Crippen molar-refractivity contribution in [3.63, 3.8) is 0 Å². The van der Waals surface area contributed by atoms with Crippen LogP contribution in [0.5, 0.6) is 5.75 Å². The largest absolute Gasteiger partial charge is 0.489 e. The maximum Gasteiger partial charge on any atom is 0.150 e. The first-order valence-corrected chi connectivity index (χ1v) is 4.59. The van der Waals surface area contributed by atoms with Crippen LogP contribution in [0.15, 0.2) is 18.2 Å². The molecule has 1 aliphatic carbocycles. The molecule has 1 fully saturated rings. The van der Waals surface area contributed by atoms with Crippen LogP contribution in [-0.4, -0.2) is 12.4 Å². The van der Waals surface area contributed by atoms with Gasteiger partial charge in [-0.15, -0.1) is 0 Å². The smallest absolute Gasteiger partial charge is 0.150 e. The van der Waals surface area contributed by atoms with Crippen molar-refractivity contribution < 1.29 is 9.53 Å². The summed E-state index contributed by atoms with van der Waals surface area (Å²) in [6, 6.07) is 5.03. The van der Waals surface area contributed by atoms with E-state index in [9.17, 15) is 4.79 Å². The van der Waals surface area contributed by atoms with Crippen molar-refractivity contribution in [2.75, 3.05) is 0 Å². The van der Waals surface area contributed by atoms with E-state index in [1.54, 1.807) is 18.2 Å². The number of halogens is 1. The summed E-state index contributed by atoms with van der Waals surface area (Å²) in [6.45, 7) is 0. The molecule has 13 heavy (non-hydrogen) atoms. The van der Waals surface area contributed by atoms with Gasteiger partial charge in [-0.2, -0.15) is 0 Å². The molecule has 1 aliphatic rings. The lowest BCUT2D eigenvalue weighted by atomic mass is 10.2. The molecule has 0 amide bonds. The van der Waals surface area contributed by atoms with E-state index in [0.717, 1.165) is 19.1 Å². The molecule has 0 heterocycles. The molecule has 3 heteroatoms. The van der Waals surface area contributed by atoms with E-state index in [4.69, 9.17) is 16.3 Å². The second-order valence-electron chi connectivity index (χ2n) is 3.12. The Morgan fingerprint density at radius 1 is 1.46 bits per heavy atom. The Bertz CT molecular complexity index is 332. The quantitative estimate of drug-likeness (QED) is 0.695. The van der Waals surface area contributed by atoms with Gasteiger partial charge in [-0.3, -0.25) is 4.79 Å². The average molecular weight is 197 g/mol. The summed E-state index contributed by atoms with van der Waals surface area (Å²) in [4.78, 5) is 10.5. The Labute approximate surface area is 81.5 Å². The summed E-state index contributed by atoms with van der Waals surface area (Å²) in [5.74, 6) is 0.619. The fraction of sp³-hybridized carbons (Fsp3) is 0.300. The highest BCUT2D eigenvalue weighted by Crippen LogP contribution is 2.32. The van der Waals surface area contributed by atoms with Crippen LogP contribution in [0.1, 0.15) is 23.2 Å². The molecule has 0 bridgehead atoms. The summed E-state index contributed by atoms with van der Waals surface area (Å²) >= 11 is 5.88. The van der Waals surface area contributed by atoms with Gasteiger partial charge in [-0.1, -0.05) is 11.6 Å². The molecule has 0 unspecified atom stereocenters. The molecule has 0 aliphatic heterocycles. The highest BCUT2D eigenvalue weighted by molar-refractivity contribution is 6.32. The second kappa shape index (κ2) is 3.38. The second-order valence-corrected chi connectivity index (χ2v) is 3.53. The maximum absolute atomic E-state index is 10.5. The number of carbonyl (C=O) groups is 1.